The van der Waals surface area contributed by atoms with Gasteiger partial charge in [0.05, 0.1) is 6.07 Å². The van der Waals surface area contributed by atoms with E-state index >= 15 is 0 Å². The normalized spacial score (nSPS) is 13.8. The third-order valence-electron chi connectivity index (χ3n) is 2.41. The molecular weight excluding hydrogens is 216 g/mol. The molecule has 3 heteroatoms. The summed E-state index contributed by atoms with van der Waals surface area (Å²) in [6, 6.07) is 16.1. The van der Waals surface area contributed by atoms with E-state index in [-0.39, 0.29) is 0 Å². The molecule has 2 nitrogen and oxygen atoms in total. The zero-order valence-electron chi connectivity index (χ0n) is 8.97. The Labute approximate surface area is 99.2 Å². The molecule has 16 heavy (non-hydrogen) atoms. The Hall–Kier alpha value is -1.79. The molecule has 1 aromatic heterocycles. The molecule has 0 aliphatic rings. The molecule has 0 saturated carbocycles. The number of hydrogen-bond donors (Lipinski definition) is 1. The van der Waals surface area contributed by atoms with Crippen molar-refractivity contribution < 1.29 is 0 Å². The SMILES string of the molecule is C[C@](C#N)(Nc1ccccc1)c1cccs1. The van der Waals surface area contributed by atoms with Crippen molar-refractivity contribution >= 4 is 17.0 Å². The number of benzene rings is 1. The van der Waals surface area contributed by atoms with Crippen molar-refractivity contribution in [3.63, 3.8) is 0 Å². The lowest BCUT2D eigenvalue weighted by atomic mass is 10.0. The summed E-state index contributed by atoms with van der Waals surface area (Å²) in [6.45, 7) is 1.89. The van der Waals surface area contributed by atoms with Crippen molar-refractivity contribution in [1.29, 1.82) is 5.26 Å². The molecule has 1 atom stereocenters. The van der Waals surface area contributed by atoms with E-state index in [1.165, 1.54) is 0 Å². The first kappa shape index (κ1) is 10.7. The van der Waals surface area contributed by atoms with Crippen molar-refractivity contribution in [3.05, 3.63) is 52.7 Å². The topological polar surface area (TPSA) is 35.8 Å². The highest BCUT2D eigenvalue weighted by molar-refractivity contribution is 7.10. The predicted molar refractivity (Wildman–Crippen MR) is 67.3 cm³/mol. The van der Waals surface area contributed by atoms with Gasteiger partial charge in [-0.25, -0.2) is 0 Å². The maximum Gasteiger partial charge on any atom is 0.157 e. The number of nitrogens with one attached hydrogen (secondary N) is 1. The second kappa shape index (κ2) is 4.38. The van der Waals surface area contributed by atoms with Gasteiger partial charge in [-0.3, -0.25) is 0 Å². The molecule has 0 spiro atoms. The average molecular weight is 228 g/mol. The van der Waals surface area contributed by atoms with Gasteiger partial charge >= 0.3 is 0 Å². The van der Waals surface area contributed by atoms with Crippen molar-refractivity contribution in [2.24, 2.45) is 0 Å². The van der Waals surface area contributed by atoms with Crippen LogP contribution in [-0.2, 0) is 5.54 Å². The zero-order valence-corrected chi connectivity index (χ0v) is 9.79. The summed E-state index contributed by atoms with van der Waals surface area (Å²) in [7, 11) is 0. The van der Waals surface area contributed by atoms with Gasteiger partial charge in [-0.2, -0.15) is 5.26 Å². The monoisotopic (exact) mass is 228 g/mol. The van der Waals surface area contributed by atoms with E-state index in [4.69, 9.17) is 0 Å². The Morgan fingerprint density at radius 1 is 1.19 bits per heavy atom. The lowest BCUT2D eigenvalue weighted by molar-refractivity contribution is 0.723. The highest BCUT2D eigenvalue weighted by atomic mass is 32.1. The minimum Gasteiger partial charge on any atom is -0.363 e. The van der Waals surface area contributed by atoms with Crippen LogP contribution in [0.15, 0.2) is 47.8 Å². The van der Waals surface area contributed by atoms with E-state index in [0.29, 0.717) is 0 Å². The molecule has 0 amide bonds. The van der Waals surface area contributed by atoms with Crippen molar-refractivity contribution in [2.45, 2.75) is 12.5 Å². The number of hydrogen-bond acceptors (Lipinski definition) is 3. The second-order valence-electron chi connectivity index (χ2n) is 3.71. The average Bonchev–Trinajstić information content (AvgIpc) is 2.84. The summed E-state index contributed by atoms with van der Waals surface area (Å²) in [6.07, 6.45) is 0. The first-order chi connectivity index (χ1) is 7.74. The van der Waals surface area contributed by atoms with Crippen LogP contribution in [0.4, 0.5) is 5.69 Å². The Bertz CT molecular complexity index is 484. The van der Waals surface area contributed by atoms with E-state index in [2.05, 4.69) is 11.4 Å². The fraction of sp³-hybridized carbons (Fsp3) is 0.154. The van der Waals surface area contributed by atoms with Crippen LogP contribution >= 0.6 is 11.3 Å². The van der Waals surface area contributed by atoms with E-state index in [1.54, 1.807) is 11.3 Å². The van der Waals surface area contributed by atoms with Gasteiger partial charge in [-0.15, -0.1) is 11.3 Å². The maximum absolute atomic E-state index is 9.31. The minimum absolute atomic E-state index is 0.657. The Morgan fingerprint density at radius 2 is 1.94 bits per heavy atom. The van der Waals surface area contributed by atoms with Crippen LogP contribution in [0.2, 0.25) is 0 Å². The highest BCUT2D eigenvalue weighted by Crippen LogP contribution is 2.28. The lowest BCUT2D eigenvalue weighted by Gasteiger charge is -2.23. The van der Waals surface area contributed by atoms with Crippen LogP contribution in [0.1, 0.15) is 11.8 Å². The smallest absolute Gasteiger partial charge is 0.157 e. The summed E-state index contributed by atoms with van der Waals surface area (Å²) in [5.74, 6) is 0. The molecule has 0 unspecified atom stereocenters. The highest BCUT2D eigenvalue weighted by Gasteiger charge is 2.26. The molecule has 2 aromatic rings. The number of nitrogens with zero attached hydrogens (tertiary/aromatic N) is 1. The third kappa shape index (κ3) is 2.07. The number of nitriles is 1. The summed E-state index contributed by atoms with van der Waals surface area (Å²) in [5.41, 5.74) is 0.301. The first-order valence-electron chi connectivity index (χ1n) is 5.03. The van der Waals surface area contributed by atoms with Crippen LogP contribution < -0.4 is 5.32 Å². The Balaban J connectivity index is 2.28. The third-order valence-corrected chi connectivity index (χ3v) is 3.50. The fourth-order valence-electron chi connectivity index (χ4n) is 1.52. The second-order valence-corrected chi connectivity index (χ2v) is 4.65. The van der Waals surface area contributed by atoms with Crippen molar-refractivity contribution in [3.8, 4) is 6.07 Å². The van der Waals surface area contributed by atoms with Crippen LogP contribution in [-0.4, -0.2) is 0 Å². The molecule has 1 heterocycles. The van der Waals surface area contributed by atoms with E-state index < -0.39 is 5.54 Å². The van der Waals surface area contributed by atoms with Crippen molar-refractivity contribution in [2.75, 3.05) is 5.32 Å². The molecule has 0 saturated heterocycles. The van der Waals surface area contributed by atoms with Gasteiger partial charge in [-0.05, 0) is 30.5 Å². The van der Waals surface area contributed by atoms with Gasteiger partial charge in [-0.1, -0.05) is 24.3 Å². The molecule has 2 rings (SSSR count). The molecule has 1 aromatic carbocycles. The number of anilines is 1. The minimum atomic E-state index is -0.657. The number of thiophene rings is 1. The maximum atomic E-state index is 9.31. The van der Waals surface area contributed by atoms with Crippen LogP contribution in [0.3, 0.4) is 0 Å². The van der Waals surface area contributed by atoms with E-state index in [0.717, 1.165) is 10.6 Å². The van der Waals surface area contributed by atoms with Gasteiger partial charge in [0.2, 0.25) is 0 Å². The van der Waals surface area contributed by atoms with Crippen molar-refractivity contribution in [1.82, 2.24) is 0 Å². The standard InChI is InChI=1S/C13H12N2S/c1-13(10-14,12-8-5-9-16-12)15-11-6-3-2-4-7-11/h2-9,15H,1H3/t13-/m1/s1. The summed E-state index contributed by atoms with van der Waals surface area (Å²) in [4.78, 5) is 1.03. The van der Waals surface area contributed by atoms with Gasteiger partial charge in [0.25, 0.3) is 0 Å². The molecule has 1 N–H and O–H groups in total. The molecular formula is C13H12N2S. The van der Waals surface area contributed by atoms with Gasteiger partial charge in [0.1, 0.15) is 0 Å². The lowest BCUT2D eigenvalue weighted by Crippen LogP contribution is -2.28. The number of para-hydroxylation sites is 1. The summed E-state index contributed by atoms with van der Waals surface area (Å²) >= 11 is 1.59. The first-order valence-corrected chi connectivity index (χ1v) is 5.91. The molecule has 0 bridgehead atoms. The van der Waals surface area contributed by atoms with E-state index in [1.807, 2.05) is 54.8 Å². The molecule has 0 aliphatic carbocycles. The van der Waals surface area contributed by atoms with Gasteiger partial charge in [0, 0.05) is 10.6 Å². The van der Waals surface area contributed by atoms with E-state index in [9.17, 15) is 5.26 Å². The Morgan fingerprint density at radius 3 is 2.50 bits per heavy atom. The van der Waals surface area contributed by atoms with Crippen LogP contribution in [0.25, 0.3) is 0 Å². The zero-order chi connectivity index (χ0) is 11.4. The fourth-order valence-corrected chi connectivity index (χ4v) is 2.31. The largest absolute Gasteiger partial charge is 0.363 e. The molecule has 80 valence electrons. The molecule has 0 aliphatic heterocycles. The number of rotatable bonds is 3. The summed E-state index contributed by atoms with van der Waals surface area (Å²) in [5, 5.41) is 14.6. The van der Waals surface area contributed by atoms with Crippen LogP contribution in [0.5, 0.6) is 0 Å². The summed E-state index contributed by atoms with van der Waals surface area (Å²) < 4.78 is 0. The quantitative estimate of drug-likeness (QED) is 0.871. The molecule has 0 fully saturated rings. The molecule has 0 radical (unpaired) electrons. The van der Waals surface area contributed by atoms with Crippen LogP contribution in [0, 0.1) is 11.3 Å². The Kier molecular flexibility index (Phi) is 2.93. The van der Waals surface area contributed by atoms with Gasteiger partial charge < -0.3 is 5.32 Å². The predicted octanol–water partition coefficient (Wildman–Crippen LogP) is 3.60. The van der Waals surface area contributed by atoms with Gasteiger partial charge in [0.15, 0.2) is 5.54 Å².